The third-order valence-electron chi connectivity index (χ3n) is 5.36. The Hall–Kier alpha value is -4.24. The lowest BCUT2D eigenvalue weighted by Gasteiger charge is -2.13. The molecule has 0 aliphatic heterocycles. The van der Waals surface area contributed by atoms with Crippen LogP contribution >= 0.6 is 11.3 Å². The summed E-state index contributed by atoms with van der Waals surface area (Å²) in [5.41, 5.74) is 1.03. The van der Waals surface area contributed by atoms with Crippen LogP contribution in [0.15, 0.2) is 82.4 Å². The number of hydrogen-bond acceptors (Lipinski definition) is 6. The Kier molecular flexibility index (Phi) is 4.60. The van der Waals surface area contributed by atoms with E-state index in [1.54, 1.807) is 6.07 Å². The molecule has 8 nitrogen and oxygen atoms in total. The van der Waals surface area contributed by atoms with Gasteiger partial charge in [0.2, 0.25) is 0 Å². The van der Waals surface area contributed by atoms with Gasteiger partial charge < -0.3 is 5.21 Å². The number of benzene rings is 3. The molecule has 5 aromatic rings. The van der Waals surface area contributed by atoms with Crippen molar-refractivity contribution in [1.82, 2.24) is 9.30 Å². The van der Waals surface area contributed by atoms with E-state index in [-0.39, 0.29) is 27.2 Å². The number of nitro groups is 1. The third-order valence-corrected chi connectivity index (χ3v) is 6.50. The highest BCUT2D eigenvalue weighted by Crippen LogP contribution is 2.34. The van der Waals surface area contributed by atoms with Gasteiger partial charge in [-0.25, -0.2) is 4.79 Å². The normalized spacial score (nSPS) is 11.2. The molecule has 0 atom stereocenters. The zero-order valence-electron chi connectivity index (χ0n) is 16.5. The van der Waals surface area contributed by atoms with Gasteiger partial charge in [0.1, 0.15) is 4.70 Å². The fourth-order valence-corrected chi connectivity index (χ4v) is 4.98. The molecule has 1 N–H and O–H groups in total. The molecule has 32 heavy (non-hydrogen) atoms. The minimum atomic E-state index is -0.906. The zero-order valence-corrected chi connectivity index (χ0v) is 17.3. The summed E-state index contributed by atoms with van der Waals surface area (Å²) in [7, 11) is 0. The van der Waals surface area contributed by atoms with Crippen LogP contribution in [0.1, 0.15) is 5.56 Å². The quantitative estimate of drug-likeness (QED) is 0.253. The molecule has 0 aliphatic rings. The number of hydrogen-bond donors (Lipinski definition) is 1. The molecule has 0 saturated carbocycles. The first-order valence-electron chi connectivity index (χ1n) is 9.65. The SMILES string of the molecule is O=c1c2sc3ccc([N+](=O)[O-])cc3c2n(Cc2ccccc2-c2ccccc2)c(=O)n1O. The first-order valence-corrected chi connectivity index (χ1v) is 10.5. The monoisotopic (exact) mass is 445 g/mol. The fraction of sp³-hybridized carbons (Fsp3) is 0.0435. The summed E-state index contributed by atoms with van der Waals surface area (Å²) in [4.78, 5) is 36.3. The van der Waals surface area contributed by atoms with Gasteiger partial charge in [0.05, 0.1) is 17.0 Å². The van der Waals surface area contributed by atoms with Crippen molar-refractivity contribution in [2.24, 2.45) is 0 Å². The molecule has 0 amide bonds. The molecular formula is C23H15N3O5S. The molecule has 2 heterocycles. The number of nitrogens with zero attached hydrogens (tertiary/aromatic N) is 3. The van der Waals surface area contributed by atoms with Crippen molar-refractivity contribution in [2.75, 3.05) is 0 Å². The molecule has 5 rings (SSSR count). The van der Waals surface area contributed by atoms with E-state index in [0.717, 1.165) is 28.0 Å². The van der Waals surface area contributed by atoms with Gasteiger partial charge in [0, 0.05) is 22.2 Å². The summed E-state index contributed by atoms with van der Waals surface area (Å²) in [5.74, 6) is 0. The van der Waals surface area contributed by atoms with Gasteiger partial charge in [-0.15, -0.1) is 11.3 Å². The van der Waals surface area contributed by atoms with E-state index < -0.39 is 16.2 Å². The number of non-ortho nitro benzene ring substituents is 1. The van der Waals surface area contributed by atoms with Crippen molar-refractivity contribution in [3.8, 4) is 11.1 Å². The average molecular weight is 445 g/mol. The van der Waals surface area contributed by atoms with Crippen molar-refractivity contribution in [3.63, 3.8) is 0 Å². The van der Waals surface area contributed by atoms with Crippen LogP contribution in [0.5, 0.6) is 0 Å². The molecular weight excluding hydrogens is 430 g/mol. The van der Waals surface area contributed by atoms with Crippen LogP contribution in [-0.4, -0.2) is 19.4 Å². The standard InChI is InChI=1S/C23H15N3O5S/c27-22-21-20(18-12-16(26(30)31)10-11-19(18)32-21)24(23(28)25(22)29)13-15-8-4-5-9-17(15)14-6-2-1-3-7-14/h1-12,29H,13H2. The molecule has 0 fully saturated rings. The van der Waals surface area contributed by atoms with E-state index in [9.17, 15) is 24.9 Å². The van der Waals surface area contributed by atoms with Crippen molar-refractivity contribution in [3.05, 3.63) is 109 Å². The summed E-state index contributed by atoms with van der Waals surface area (Å²) in [6.45, 7) is 0.0652. The van der Waals surface area contributed by atoms with Gasteiger partial charge in [-0.2, -0.15) is 0 Å². The predicted molar refractivity (Wildman–Crippen MR) is 123 cm³/mol. The Morgan fingerprint density at radius 3 is 2.44 bits per heavy atom. The molecule has 158 valence electrons. The average Bonchev–Trinajstić information content (AvgIpc) is 3.20. The topological polar surface area (TPSA) is 107 Å². The van der Waals surface area contributed by atoms with Crippen LogP contribution in [0.2, 0.25) is 0 Å². The van der Waals surface area contributed by atoms with Gasteiger partial charge in [0.15, 0.2) is 0 Å². The first-order chi connectivity index (χ1) is 15.5. The molecule has 0 unspecified atom stereocenters. The number of thiophene rings is 1. The molecule has 0 aliphatic carbocycles. The summed E-state index contributed by atoms with van der Waals surface area (Å²) in [6.07, 6.45) is 0. The Morgan fingerprint density at radius 1 is 0.969 bits per heavy atom. The lowest BCUT2D eigenvalue weighted by atomic mass is 9.99. The molecule has 9 heteroatoms. The minimum absolute atomic E-state index is 0.0652. The van der Waals surface area contributed by atoms with Crippen molar-refractivity contribution in [2.45, 2.75) is 6.54 Å². The van der Waals surface area contributed by atoms with Crippen LogP contribution in [0, 0.1) is 10.1 Å². The molecule has 3 aromatic carbocycles. The second-order valence-corrected chi connectivity index (χ2v) is 8.28. The van der Waals surface area contributed by atoms with Crippen molar-refractivity contribution in [1.29, 1.82) is 0 Å². The zero-order chi connectivity index (χ0) is 22.4. The molecule has 0 spiro atoms. The molecule has 2 aromatic heterocycles. The summed E-state index contributed by atoms with van der Waals surface area (Å²) < 4.78 is 2.15. The molecule has 0 radical (unpaired) electrons. The number of aromatic nitrogens is 2. The Bertz CT molecular complexity index is 1630. The first kappa shape index (κ1) is 19.7. The van der Waals surface area contributed by atoms with Crippen LogP contribution in [-0.2, 0) is 6.54 Å². The van der Waals surface area contributed by atoms with Crippen molar-refractivity contribution >= 4 is 37.3 Å². The predicted octanol–water partition coefficient (Wildman–Crippen LogP) is 4.24. The van der Waals surface area contributed by atoms with Gasteiger partial charge in [-0.3, -0.25) is 19.5 Å². The van der Waals surface area contributed by atoms with E-state index in [2.05, 4.69) is 0 Å². The molecule has 0 bridgehead atoms. The van der Waals surface area contributed by atoms with E-state index >= 15 is 0 Å². The van der Waals surface area contributed by atoms with Gasteiger partial charge in [0.25, 0.3) is 5.69 Å². The van der Waals surface area contributed by atoms with E-state index in [1.807, 2.05) is 54.6 Å². The summed E-state index contributed by atoms with van der Waals surface area (Å²) >= 11 is 1.08. The van der Waals surface area contributed by atoms with Crippen LogP contribution in [0.25, 0.3) is 31.4 Å². The maximum absolute atomic E-state index is 13.0. The Labute approximate surface area is 183 Å². The van der Waals surface area contributed by atoms with Crippen molar-refractivity contribution < 1.29 is 10.1 Å². The molecule has 0 saturated heterocycles. The van der Waals surface area contributed by atoms with Crippen LogP contribution < -0.4 is 11.2 Å². The largest absolute Gasteiger partial charge is 0.421 e. The number of nitro benzene ring substituents is 1. The second-order valence-electron chi connectivity index (χ2n) is 7.23. The second kappa shape index (κ2) is 7.47. The lowest BCUT2D eigenvalue weighted by molar-refractivity contribution is -0.384. The van der Waals surface area contributed by atoms with E-state index in [1.165, 1.54) is 16.7 Å². The Balaban J connectivity index is 1.81. The number of rotatable bonds is 4. The highest BCUT2D eigenvalue weighted by molar-refractivity contribution is 7.25. The maximum atomic E-state index is 13.0. The summed E-state index contributed by atoms with van der Waals surface area (Å²) in [6, 6.07) is 21.4. The van der Waals surface area contributed by atoms with E-state index in [0.29, 0.717) is 10.1 Å². The third kappa shape index (κ3) is 3.07. The van der Waals surface area contributed by atoms with Gasteiger partial charge in [-0.1, -0.05) is 59.3 Å². The fourth-order valence-electron chi connectivity index (χ4n) is 3.87. The smallest absolute Gasteiger partial charge is 0.365 e. The minimum Gasteiger partial charge on any atom is -0.421 e. The van der Waals surface area contributed by atoms with E-state index in [4.69, 9.17) is 0 Å². The highest BCUT2D eigenvalue weighted by Gasteiger charge is 2.21. The Morgan fingerprint density at radius 2 is 1.69 bits per heavy atom. The number of fused-ring (bicyclic) bond motifs is 3. The van der Waals surface area contributed by atoms with Crippen LogP contribution in [0.3, 0.4) is 0 Å². The maximum Gasteiger partial charge on any atom is 0.365 e. The summed E-state index contributed by atoms with van der Waals surface area (Å²) in [5, 5.41) is 21.9. The van der Waals surface area contributed by atoms with Gasteiger partial charge >= 0.3 is 11.2 Å². The highest BCUT2D eigenvalue weighted by atomic mass is 32.1. The van der Waals surface area contributed by atoms with Gasteiger partial charge in [-0.05, 0) is 22.8 Å². The lowest BCUT2D eigenvalue weighted by Crippen LogP contribution is -2.38. The van der Waals surface area contributed by atoms with Crippen LogP contribution in [0.4, 0.5) is 5.69 Å².